The summed E-state index contributed by atoms with van der Waals surface area (Å²) in [7, 11) is 0. The maximum Gasteiger partial charge on any atom is 0.219 e. The van der Waals surface area contributed by atoms with E-state index < -0.39 is 0 Å². The Labute approximate surface area is 120 Å². The van der Waals surface area contributed by atoms with Gasteiger partial charge in [0.25, 0.3) is 0 Å². The number of nitrogens with zero attached hydrogens (tertiary/aromatic N) is 1. The second-order valence-corrected chi connectivity index (χ2v) is 6.18. The molecular formula is C16H23N3O. The molecule has 0 saturated carbocycles. The Morgan fingerprint density at radius 2 is 2.05 bits per heavy atom. The van der Waals surface area contributed by atoms with E-state index >= 15 is 0 Å². The average molecular weight is 273 g/mol. The number of fused-ring (bicyclic) bond motifs is 1. The van der Waals surface area contributed by atoms with Gasteiger partial charge >= 0.3 is 0 Å². The molecule has 1 aromatic heterocycles. The van der Waals surface area contributed by atoms with Crippen molar-refractivity contribution in [1.29, 1.82) is 0 Å². The summed E-state index contributed by atoms with van der Waals surface area (Å²) < 4.78 is 2.11. The van der Waals surface area contributed by atoms with Gasteiger partial charge in [0.15, 0.2) is 0 Å². The number of nitrogens with one attached hydrogen (secondary N) is 1. The van der Waals surface area contributed by atoms with E-state index in [0.717, 1.165) is 6.54 Å². The topological polar surface area (TPSA) is 60.1 Å². The van der Waals surface area contributed by atoms with Crippen molar-refractivity contribution in [1.82, 2.24) is 9.88 Å². The first kappa shape index (κ1) is 14.6. The number of carbonyl (C=O) groups is 1. The number of primary amides is 1. The normalized spacial score (nSPS) is 11.9. The largest absolute Gasteiger partial charge is 0.370 e. The molecule has 0 atom stereocenters. The molecule has 2 aromatic rings. The lowest BCUT2D eigenvalue weighted by Crippen LogP contribution is -2.35. The number of aryl methyl sites for hydroxylation is 1. The summed E-state index contributed by atoms with van der Waals surface area (Å²) in [6, 6.07) is 8.37. The number of amides is 1. The van der Waals surface area contributed by atoms with Gasteiger partial charge in [0.2, 0.25) is 5.91 Å². The third kappa shape index (κ3) is 3.61. The van der Waals surface area contributed by atoms with E-state index in [9.17, 15) is 4.79 Å². The first-order valence-electron chi connectivity index (χ1n) is 6.97. The number of rotatable bonds is 5. The zero-order chi connectivity index (χ0) is 14.8. The van der Waals surface area contributed by atoms with Crippen LogP contribution in [0.5, 0.6) is 0 Å². The summed E-state index contributed by atoms with van der Waals surface area (Å²) >= 11 is 0. The fourth-order valence-electron chi connectivity index (χ4n) is 2.26. The van der Waals surface area contributed by atoms with Crippen LogP contribution in [0.1, 0.15) is 32.8 Å². The highest BCUT2D eigenvalue weighted by molar-refractivity contribution is 5.83. The number of aromatic nitrogens is 1. The molecule has 108 valence electrons. The summed E-state index contributed by atoms with van der Waals surface area (Å²) in [6.45, 7) is 7.89. The molecule has 0 fully saturated rings. The van der Waals surface area contributed by atoms with Gasteiger partial charge in [-0.2, -0.15) is 0 Å². The van der Waals surface area contributed by atoms with E-state index in [0.29, 0.717) is 13.0 Å². The fraction of sp³-hybridized carbons (Fsp3) is 0.438. The Bertz CT molecular complexity index is 608. The van der Waals surface area contributed by atoms with Crippen LogP contribution in [0.25, 0.3) is 10.9 Å². The third-order valence-corrected chi connectivity index (χ3v) is 3.28. The molecule has 1 heterocycles. The molecule has 0 saturated heterocycles. The molecule has 1 aromatic carbocycles. The fourth-order valence-corrected chi connectivity index (χ4v) is 2.26. The van der Waals surface area contributed by atoms with Gasteiger partial charge in [0.05, 0.1) is 5.52 Å². The lowest BCUT2D eigenvalue weighted by molar-refractivity contribution is -0.118. The third-order valence-electron chi connectivity index (χ3n) is 3.28. The molecule has 0 spiro atoms. The number of carbonyl (C=O) groups excluding carboxylic acids is 1. The van der Waals surface area contributed by atoms with Crippen LogP contribution in [0.2, 0.25) is 0 Å². The highest BCUT2D eigenvalue weighted by atomic mass is 16.1. The van der Waals surface area contributed by atoms with Crippen LogP contribution < -0.4 is 11.1 Å². The number of para-hydroxylation sites is 1. The van der Waals surface area contributed by atoms with Crippen LogP contribution >= 0.6 is 0 Å². The quantitative estimate of drug-likeness (QED) is 0.879. The van der Waals surface area contributed by atoms with E-state index in [-0.39, 0.29) is 11.4 Å². The smallest absolute Gasteiger partial charge is 0.219 e. The van der Waals surface area contributed by atoms with Crippen molar-refractivity contribution in [3.8, 4) is 0 Å². The summed E-state index contributed by atoms with van der Waals surface area (Å²) in [5.74, 6) is -0.267. The van der Waals surface area contributed by atoms with Crippen molar-refractivity contribution in [2.75, 3.05) is 0 Å². The Balaban J connectivity index is 2.29. The minimum absolute atomic E-state index is 0.0762. The lowest BCUT2D eigenvalue weighted by Gasteiger charge is -2.21. The minimum Gasteiger partial charge on any atom is -0.370 e. The lowest BCUT2D eigenvalue weighted by atomic mass is 10.1. The molecule has 0 unspecified atom stereocenters. The molecule has 4 heteroatoms. The van der Waals surface area contributed by atoms with Crippen LogP contribution in [0.15, 0.2) is 30.5 Å². The minimum atomic E-state index is -0.267. The molecule has 0 bridgehead atoms. The van der Waals surface area contributed by atoms with Crippen molar-refractivity contribution >= 4 is 16.8 Å². The van der Waals surface area contributed by atoms with E-state index in [1.165, 1.54) is 16.5 Å². The Morgan fingerprint density at radius 1 is 1.30 bits per heavy atom. The van der Waals surface area contributed by atoms with E-state index in [2.05, 4.69) is 54.9 Å². The molecule has 0 aliphatic carbocycles. The van der Waals surface area contributed by atoms with Gasteiger partial charge in [0, 0.05) is 31.2 Å². The van der Waals surface area contributed by atoms with Gasteiger partial charge in [0.1, 0.15) is 0 Å². The van der Waals surface area contributed by atoms with Crippen LogP contribution in [-0.4, -0.2) is 16.0 Å². The molecule has 0 aliphatic rings. The summed E-state index contributed by atoms with van der Waals surface area (Å²) in [5, 5.41) is 4.70. The summed E-state index contributed by atoms with van der Waals surface area (Å²) in [6.07, 6.45) is 2.39. The van der Waals surface area contributed by atoms with E-state index in [1.54, 1.807) is 0 Å². The van der Waals surface area contributed by atoms with Gasteiger partial charge in [-0.1, -0.05) is 18.2 Å². The second kappa shape index (κ2) is 5.67. The standard InChI is InChI=1S/C16H23N3O/c1-16(2,3)18-11-13-6-4-5-12-7-9-19(15(12)13)10-8-14(17)20/h4-7,9,18H,8,10-11H2,1-3H3,(H2,17,20). The molecule has 2 rings (SSSR count). The Morgan fingerprint density at radius 3 is 2.70 bits per heavy atom. The van der Waals surface area contributed by atoms with Crippen molar-refractivity contribution < 1.29 is 4.79 Å². The Kier molecular flexibility index (Phi) is 4.14. The molecule has 0 radical (unpaired) electrons. The predicted octanol–water partition coefficient (Wildman–Crippen LogP) is 2.40. The SMILES string of the molecule is CC(C)(C)NCc1cccc2ccn(CCC(N)=O)c12. The highest BCUT2D eigenvalue weighted by Crippen LogP contribution is 2.21. The molecule has 3 N–H and O–H groups in total. The van der Waals surface area contributed by atoms with Crippen LogP contribution in [0, 0.1) is 0 Å². The zero-order valence-electron chi connectivity index (χ0n) is 12.4. The maximum atomic E-state index is 11.0. The number of hydrogen-bond acceptors (Lipinski definition) is 2. The first-order valence-corrected chi connectivity index (χ1v) is 6.97. The van der Waals surface area contributed by atoms with Crippen molar-refractivity contribution in [2.24, 2.45) is 5.73 Å². The van der Waals surface area contributed by atoms with Gasteiger partial charge < -0.3 is 15.6 Å². The molecular weight excluding hydrogens is 250 g/mol. The van der Waals surface area contributed by atoms with Crippen molar-refractivity contribution in [3.63, 3.8) is 0 Å². The van der Waals surface area contributed by atoms with Crippen LogP contribution in [-0.2, 0) is 17.9 Å². The van der Waals surface area contributed by atoms with E-state index in [1.807, 2.05) is 6.20 Å². The van der Waals surface area contributed by atoms with Crippen LogP contribution in [0.3, 0.4) is 0 Å². The maximum absolute atomic E-state index is 11.0. The highest BCUT2D eigenvalue weighted by Gasteiger charge is 2.12. The molecule has 4 nitrogen and oxygen atoms in total. The summed E-state index contributed by atoms with van der Waals surface area (Å²) in [4.78, 5) is 11.0. The zero-order valence-corrected chi connectivity index (χ0v) is 12.4. The van der Waals surface area contributed by atoms with Gasteiger partial charge in [-0.05, 0) is 37.8 Å². The second-order valence-electron chi connectivity index (χ2n) is 6.18. The van der Waals surface area contributed by atoms with Crippen LogP contribution in [0.4, 0.5) is 0 Å². The number of nitrogens with two attached hydrogens (primary N) is 1. The Hall–Kier alpha value is -1.81. The van der Waals surface area contributed by atoms with Gasteiger partial charge in [-0.15, -0.1) is 0 Å². The van der Waals surface area contributed by atoms with Gasteiger partial charge in [-0.25, -0.2) is 0 Å². The number of hydrogen-bond donors (Lipinski definition) is 2. The number of benzene rings is 1. The first-order chi connectivity index (χ1) is 9.37. The monoisotopic (exact) mass is 273 g/mol. The van der Waals surface area contributed by atoms with Crippen molar-refractivity contribution in [3.05, 3.63) is 36.0 Å². The molecule has 1 amide bonds. The predicted molar refractivity (Wildman–Crippen MR) is 82.3 cm³/mol. The summed E-state index contributed by atoms with van der Waals surface area (Å²) in [5.41, 5.74) is 7.75. The van der Waals surface area contributed by atoms with E-state index in [4.69, 9.17) is 5.73 Å². The van der Waals surface area contributed by atoms with Gasteiger partial charge in [-0.3, -0.25) is 4.79 Å². The average Bonchev–Trinajstić information content (AvgIpc) is 2.76. The van der Waals surface area contributed by atoms with Crippen molar-refractivity contribution in [2.45, 2.75) is 45.8 Å². The molecule has 0 aliphatic heterocycles. The molecule has 20 heavy (non-hydrogen) atoms.